The van der Waals surface area contributed by atoms with E-state index in [0.29, 0.717) is 18.7 Å². The number of benzene rings is 2. The lowest BCUT2D eigenvalue weighted by Gasteiger charge is -2.36. The van der Waals surface area contributed by atoms with Gasteiger partial charge in [0.2, 0.25) is 5.89 Å². The summed E-state index contributed by atoms with van der Waals surface area (Å²) in [6.07, 6.45) is 8.78. The third-order valence-corrected chi connectivity index (χ3v) is 7.33. The number of hydrogen-bond donors (Lipinski definition) is 1. The minimum Gasteiger partial charge on any atom is -0.748 e. The van der Waals surface area contributed by atoms with Gasteiger partial charge in [0.1, 0.15) is 17.9 Å². The Morgan fingerprint density at radius 3 is 2.15 bits per heavy atom. The molecule has 3 aromatic rings. The van der Waals surface area contributed by atoms with Crippen molar-refractivity contribution in [2.45, 2.75) is 70.1 Å². The molecule has 2 aromatic carbocycles. The number of oxazole rings is 1. The number of aliphatic hydroxyl groups is 1. The van der Waals surface area contributed by atoms with Gasteiger partial charge in [-0.3, -0.25) is 0 Å². The van der Waals surface area contributed by atoms with E-state index in [2.05, 4.69) is 32.9 Å². The van der Waals surface area contributed by atoms with Gasteiger partial charge in [0.05, 0.1) is 37.0 Å². The summed E-state index contributed by atoms with van der Waals surface area (Å²) in [5, 5.41) is 12.1. The minimum absolute atomic E-state index is 0.114. The van der Waals surface area contributed by atoms with Crippen LogP contribution in [0, 0.1) is 5.92 Å². The Hall–Kier alpha value is -2.72. The first-order valence-electron chi connectivity index (χ1n) is 13.9. The van der Waals surface area contributed by atoms with Gasteiger partial charge in [0.25, 0.3) is 0 Å². The molecule has 4 rings (SSSR count). The fourth-order valence-electron chi connectivity index (χ4n) is 5.23. The molecule has 220 valence electrons. The van der Waals surface area contributed by atoms with Crippen LogP contribution in [0.5, 0.6) is 5.75 Å². The molecule has 1 aliphatic rings. The van der Waals surface area contributed by atoms with Crippen LogP contribution in [0.1, 0.15) is 69.6 Å². The Labute approximate surface area is 239 Å². The molecule has 8 nitrogen and oxygen atoms in total. The zero-order chi connectivity index (χ0) is 29.4. The predicted molar refractivity (Wildman–Crippen MR) is 155 cm³/mol. The molecule has 1 atom stereocenters. The first-order valence-corrected chi connectivity index (χ1v) is 15.7. The van der Waals surface area contributed by atoms with E-state index in [1.165, 1.54) is 6.42 Å². The van der Waals surface area contributed by atoms with Crippen LogP contribution in [-0.4, -0.2) is 60.0 Å². The molecule has 40 heavy (non-hydrogen) atoms. The number of hydrogen-bond acceptors (Lipinski definition) is 7. The molecular weight excluding hydrogens is 528 g/mol. The Bertz CT molecular complexity index is 1280. The summed E-state index contributed by atoms with van der Waals surface area (Å²) in [5.74, 6) is 2.24. The topological polar surface area (TPSA) is 113 Å². The lowest BCUT2D eigenvalue weighted by Crippen LogP contribution is -2.43. The highest BCUT2D eigenvalue weighted by atomic mass is 32.2. The molecule has 1 fully saturated rings. The van der Waals surface area contributed by atoms with Crippen molar-refractivity contribution in [2.24, 2.45) is 5.92 Å². The van der Waals surface area contributed by atoms with E-state index in [0.717, 1.165) is 60.2 Å². The van der Waals surface area contributed by atoms with Crippen molar-refractivity contribution in [3.05, 3.63) is 84.1 Å². The highest BCUT2D eigenvalue weighted by Gasteiger charge is 2.45. The molecule has 1 N–H and O–H groups in total. The van der Waals surface area contributed by atoms with E-state index >= 15 is 0 Å². The van der Waals surface area contributed by atoms with E-state index in [1.54, 1.807) is 6.20 Å². The van der Waals surface area contributed by atoms with Crippen LogP contribution in [0.3, 0.4) is 0 Å². The third kappa shape index (κ3) is 9.73. The van der Waals surface area contributed by atoms with E-state index in [4.69, 9.17) is 22.1 Å². The summed E-state index contributed by atoms with van der Waals surface area (Å²) in [7, 11) is 0.483. The molecule has 9 heteroatoms. The summed E-state index contributed by atoms with van der Waals surface area (Å²) >= 11 is 0. The molecule has 1 aromatic heterocycles. The van der Waals surface area contributed by atoms with Crippen LogP contribution < -0.4 is 4.74 Å². The smallest absolute Gasteiger partial charge is 0.231 e. The van der Waals surface area contributed by atoms with E-state index < -0.39 is 15.7 Å². The second-order valence-corrected chi connectivity index (χ2v) is 13.5. The summed E-state index contributed by atoms with van der Waals surface area (Å²) in [6, 6.07) is 19.9. The van der Waals surface area contributed by atoms with Gasteiger partial charge < -0.3 is 23.3 Å². The summed E-state index contributed by atoms with van der Waals surface area (Å²) in [4.78, 5) is 4.64. The Morgan fingerprint density at radius 1 is 1.02 bits per heavy atom. The molecular formula is C31H44N2O6S. The van der Waals surface area contributed by atoms with Gasteiger partial charge in [-0.2, -0.15) is 0 Å². The van der Waals surface area contributed by atoms with Crippen LogP contribution >= 0.6 is 0 Å². The summed E-state index contributed by atoms with van der Waals surface area (Å²) < 4.78 is 40.5. The van der Waals surface area contributed by atoms with Gasteiger partial charge >= 0.3 is 0 Å². The average molecular weight is 573 g/mol. The normalized spacial score (nSPS) is 16.5. The molecule has 1 saturated carbocycles. The lowest BCUT2D eigenvalue weighted by atomic mass is 9.73. The monoisotopic (exact) mass is 572 g/mol. The van der Waals surface area contributed by atoms with Gasteiger partial charge in [-0.15, -0.1) is 0 Å². The molecule has 0 saturated heterocycles. The van der Waals surface area contributed by atoms with Gasteiger partial charge in [-0.1, -0.05) is 67.8 Å². The first-order chi connectivity index (χ1) is 18.7. The molecule has 1 heterocycles. The number of nitrogens with zero attached hydrogens (tertiary/aromatic N) is 2. The number of aromatic nitrogens is 1. The van der Waals surface area contributed by atoms with Crippen molar-refractivity contribution in [1.82, 2.24) is 4.98 Å². The van der Waals surface area contributed by atoms with Crippen LogP contribution in [0.2, 0.25) is 0 Å². The summed E-state index contributed by atoms with van der Waals surface area (Å²) in [6.45, 7) is 5.89. The third-order valence-electron chi connectivity index (χ3n) is 7.33. The molecule has 0 unspecified atom stereocenters. The maximum Gasteiger partial charge on any atom is 0.231 e. The van der Waals surface area contributed by atoms with Crippen LogP contribution in [0.15, 0.2) is 71.3 Å². The fraction of sp³-hybridized carbons (Fsp3) is 0.516. The van der Waals surface area contributed by atoms with Crippen molar-refractivity contribution in [2.75, 3.05) is 26.9 Å². The molecule has 0 amide bonds. The maximum atomic E-state index is 12.1. The Balaban J connectivity index is 0.000000810. The van der Waals surface area contributed by atoms with E-state index in [9.17, 15) is 5.11 Å². The quantitative estimate of drug-likeness (QED) is 0.253. The lowest BCUT2D eigenvalue weighted by molar-refractivity contribution is -0.905. The molecule has 0 aliphatic heterocycles. The van der Waals surface area contributed by atoms with Crippen LogP contribution in [0.25, 0.3) is 0 Å². The number of para-hydroxylation sites is 1. The molecule has 1 aliphatic carbocycles. The van der Waals surface area contributed by atoms with Crippen molar-refractivity contribution in [3.8, 4) is 5.75 Å². The zero-order valence-corrected chi connectivity index (χ0v) is 25.2. The number of quaternary nitrogens is 1. The SMILES string of the molecule is CC(C)(CC[N+](C)(C)Cc1cnc([C@](O)(c2ccccc2)C2CCCCC2)o1)Oc1ccccc1.CS(=O)(=O)[O-]. The molecule has 0 radical (unpaired) electrons. The van der Waals surface area contributed by atoms with Gasteiger partial charge in [-0.05, 0) is 44.4 Å². The van der Waals surface area contributed by atoms with Crippen molar-refractivity contribution >= 4 is 10.1 Å². The predicted octanol–water partition coefficient (Wildman–Crippen LogP) is 5.48. The average Bonchev–Trinajstić information content (AvgIpc) is 3.36. The van der Waals surface area contributed by atoms with Gasteiger partial charge in [0.15, 0.2) is 11.4 Å². The van der Waals surface area contributed by atoms with Gasteiger partial charge in [0, 0.05) is 18.6 Å². The second-order valence-electron chi connectivity index (χ2n) is 12.0. The molecule has 0 bridgehead atoms. The zero-order valence-electron chi connectivity index (χ0n) is 24.4. The van der Waals surface area contributed by atoms with E-state index in [-0.39, 0.29) is 11.5 Å². The first kappa shape index (κ1) is 31.8. The highest BCUT2D eigenvalue weighted by molar-refractivity contribution is 7.84. The second kappa shape index (κ2) is 13.3. The largest absolute Gasteiger partial charge is 0.748 e. The van der Waals surface area contributed by atoms with Gasteiger partial charge in [-0.25, -0.2) is 13.4 Å². The van der Waals surface area contributed by atoms with Crippen molar-refractivity contribution in [1.29, 1.82) is 0 Å². The summed E-state index contributed by atoms with van der Waals surface area (Å²) in [5.41, 5.74) is -0.602. The Morgan fingerprint density at radius 2 is 1.57 bits per heavy atom. The standard InChI is InChI=1S/C30H41N2O3.CH4O3S/c1-29(2,35-26-18-12-7-13-19-26)20-21-32(3,4)23-27-22-31-28(34-27)30(33,24-14-8-5-9-15-24)25-16-10-6-11-17-25;1-5(2,3)4/h5,7-9,12-15,18-19,22,25,33H,6,10-11,16-17,20-21,23H2,1-4H3;1H3,(H,2,3,4)/q+1;/p-1/t30-;/m0./s1. The Kier molecular flexibility index (Phi) is 10.6. The molecule has 0 spiro atoms. The highest BCUT2D eigenvalue weighted by Crippen LogP contribution is 2.43. The number of ether oxygens (including phenoxy) is 1. The van der Waals surface area contributed by atoms with Crippen LogP contribution in [0.4, 0.5) is 0 Å². The number of rotatable bonds is 10. The maximum absolute atomic E-state index is 12.1. The minimum atomic E-state index is -3.92. The fourth-order valence-corrected chi connectivity index (χ4v) is 5.23. The van der Waals surface area contributed by atoms with E-state index in [1.807, 2.05) is 60.7 Å². The van der Waals surface area contributed by atoms with Crippen molar-refractivity contribution < 1.29 is 31.7 Å². The van der Waals surface area contributed by atoms with Crippen LogP contribution in [-0.2, 0) is 22.3 Å². The van der Waals surface area contributed by atoms with Crippen molar-refractivity contribution in [3.63, 3.8) is 0 Å².